The predicted molar refractivity (Wildman–Crippen MR) is 136 cm³/mol. The zero-order valence-corrected chi connectivity index (χ0v) is 21.5. The van der Waals surface area contributed by atoms with E-state index in [4.69, 9.17) is 0 Å². The molecule has 0 radical (unpaired) electrons. The van der Waals surface area contributed by atoms with Gasteiger partial charge in [0.1, 0.15) is 0 Å². The van der Waals surface area contributed by atoms with E-state index in [1.165, 1.54) is 4.88 Å². The molecule has 0 saturated carbocycles. The normalized spacial score (nSPS) is 20.9. The number of aryl methyl sites for hydroxylation is 1. The third-order valence-electron chi connectivity index (χ3n) is 6.34. The van der Waals surface area contributed by atoms with Crippen LogP contribution in [0.25, 0.3) is 10.4 Å². The SMILES string of the molecule is C=C(C)N[C@H](CN1C[C@H](O)C[C@H]1C(=O)N[C@@H](C)c1ccc(-c2scnc2C)cc1)C(C)(C)C. The monoisotopic (exact) mass is 470 g/mol. The molecule has 33 heavy (non-hydrogen) atoms. The number of likely N-dealkylation sites (tertiary alicyclic amines) is 1. The third-order valence-corrected chi connectivity index (χ3v) is 7.32. The number of carbonyl (C=O) groups is 1. The molecule has 0 bridgehead atoms. The van der Waals surface area contributed by atoms with Crippen molar-refractivity contribution >= 4 is 17.2 Å². The Hall–Kier alpha value is -2.22. The fourth-order valence-corrected chi connectivity index (χ4v) is 5.13. The number of nitrogens with zero attached hydrogens (tertiary/aromatic N) is 2. The molecular formula is C26H38N4O2S. The zero-order chi connectivity index (χ0) is 24.3. The van der Waals surface area contributed by atoms with E-state index >= 15 is 0 Å². The van der Waals surface area contributed by atoms with Crippen molar-refractivity contribution in [2.75, 3.05) is 13.1 Å². The predicted octanol–water partition coefficient (Wildman–Crippen LogP) is 4.27. The zero-order valence-electron chi connectivity index (χ0n) is 20.7. The Bertz CT molecular complexity index is 963. The minimum Gasteiger partial charge on any atom is -0.392 e. The molecule has 1 aromatic carbocycles. The van der Waals surface area contributed by atoms with Crippen LogP contribution < -0.4 is 10.6 Å². The van der Waals surface area contributed by atoms with E-state index in [-0.39, 0.29) is 29.4 Å². The number of hydrogen-bond donors (Lipinski definition) is 3. The van der Waals surface area contributed by atoms with Gasteiger partial charge in [0, 0.05) is 24.8 Å². The summed E-state index contributed by atoms with van der Waals surface area (Å²) >= 11 is 1.63. The first-order valence-electron chi connectivity index (χ1n) is 11.6. The number of aliphatic hydroxyl groups excluding tert-OH is 1. The number of allylic oxidation sites excluding steroid dienone is 1. The van der Waals surface area contributed by atoms with Crippen LogP contribution in [0.2, 0.25) is 0 Å². The topological polar surface area (TPSA) is 77.5 Å². The van der Waals surface area contributed by atoms with Crippen LogP contribution in [0, 0.1) is 12.3 Å². The highest BCUT2D eigenvalue weighted by atomic mass is 32.1. The van der Waals surface area contributed by atoms with Crippen molar-refractivity contribution < 1.29 is 9.90 Å². The third kappa shape index (κ3) is 6.43. The van der Waals surface area contributed by atoms with Crippen LogP contribution in [0.4, 0.5) is 0 Å². The molecule has 4 atom stereocenters. The summed E-state index contributed by atoms with van der Waals surface area (Å²) in [5.41, 5.74) is 5.97. The van der Waals surface area contributed by atoms with E-state index in [0.717, 1.165) is 22.5 Å². The van der Waals surface area contributed by atoms with Crippen molar-refractivity contribution in [1.82, 2.24) is 20.5 Å². The van der Waals surface area contributed by atoms with Gasteiger partial charge in [0.25, 0.3) is 0 Å². The van der Waals surface area contributed by atoms with E-state index in [0.29, 0.717) is 19.5 Å². The van der Waals surface area contributed by atoms with Gasteiger partial charge < -0.3 is 15.7 Å². The maximum atomic E-state index is 13.2. The van der Waals surface area contributed by atoms with Gasteiger partial charge in [-0.15, -0.1) is 11.3 Å². The van der Waals surface area contributed by atoms with Crippen molar-refractivity contribution in [2.24, 2.45) is 5.41 Å². The molecule has 1 fully saturated rings. The molecule has 1 aliphatic heterocycles. The molecule has 3 rings (SSSR count). The molecule has 2 aromatic rings. The molecule has 1 aliphatic rings. The van der Waals surface area contributed by atoms with Crippen LogP contribution in [-0.2, 0) is 4.79 Å². The smallest absolute Gasteiger partial charge is 0.237 e. The first-order valence-corrected chi connectivity index (χ1v) is 12.5. The summed E-state index contributed by atoms with van der Waals surface area (Å²) in [6.45, 7) is 17.7. The number of benzene rings is 1. The van der Waals surface area contributed by atoms with Gasteiger partial charge in [0.15, 0.2) is 0 Å². The van der Waals surface area contributed by atoms with Gasteiger partial charge in [-0.2, -0.15) is 0 Å². The second kappa shape index (κ2) is 10.4. The van der Waals surface area contributed by atoms with E-state index in [1.807, 2.05) is 26.3 Å². The molecule has 1 saturated heterocycles. The number of aliphatic hydroxyl groups is 1. The Morgan fingerprint density at radius 1 is 1.30 bits per heavy atom. The van der Waals surface area contributed by atoms with Crippen LogP contribution in [0.1, 0.15) is 58.3 Å². The summed E-state index contributed by atoms with van der Waals surface area (Å²) in [5, 5.41) is 17.0. The van der Waals surface area contributed by atoms with Crippen molar-refractivity contribution in [2.45, 2.75) is 72.2 Å². The fourth-order valence-electron chi connectivity index (χ4n) is 4.32. The van der Waals surface area contributed by atoms with Crippen molar-refractivity contribution in [3.63, 3.8) is 0 Å². The average molecular weight is 471 g/mol. The van der Waals surface area contributed by atoms with Crippen LogP contribution in [0.5, 0.6) is 0 Å². The quantitative estimate of drug-likeness (QED) is 0.537. The van der Waals surface area contributed by atoms with Crippen molar-refractivity contribution in [1.29, 1.82) is 0 Å². The Kier molecular flexibility index (Phi) is 7.98. The Labute approximate surface area is 202 Å². The fraction of sp³-hybridized carbons (Fsp3) is 0.538. The number of thiazole rings is 1. The summed E-state index contributed by atoms with van der Waals surface area (Å²) < 4.78 is 0. The number of rotatable bonds is 8. The maximum Gasteiger partial charge on any atom is 0.237 e. The summed E-state index contributed by atoms with van der Waals surface area (Å²) in [5.74, 6) is -0.0376. The highest BCUT2D eigenvalue weighted by Crippen LogP contribution is 2.29. The first kappa shape index (κ1) is 25.4. The molecule has 0 spiro atoms. The number of carbonyl (C=O) groups excluding carboxylic acids is 1. The van der Waals surface area contributed by atoms with Gasteiger partial charge in [0.05, 0.1) is 34.3 Å². The number of aromatic nitrogens is 1. The van der Waals surface area contributed by atoms with Crippen LogP contribution in [0.15, 0.2) is 42.1 Å². The molecule has 3 N–H and O–H groups in total. The highest BCUT2D eigenvalue weighted by molar-refractivity contribution is 7.13. The lowest BCUT2D eigenvalue weighted by atomic mass is 9.86. The van der Waals surface area contributed by atoms with E-state index in [1.54, 1.807) is 11.3 Å². The number of amides is 1. The van der Waals surface area contributed by atoms with Gasteiger partial charge in [-0.25, -0.2) is 4.98 Å². The summed E-state index contributed by atoms with van der Waals surface area (Å²) in [6.07, 6.45) is -0.0463. The maximum absolute atomic E-state index is 13.2. The first-order chi connectivity index (χ1) is 15.5. The Morgan fingerprint density at radius 2 is 1.97 bits per heavy atom. The lowest BCUT2D eigenvalue weighted by Gasteiger charge is -2.37. The standard InChI is InChI=1S/C26H38N4O2S/c1-16(2)28-23(26(5,6)7)14-30-13-21(31)12-22(30)25(32)29-17(3)19-8-10-20(11-9-19)24-18(4)27-15-33-24/h8-11,15,17,21-23,28,31H,1,12-14H2,2-7H3,(H,29,32)/t17-,21+,22-,23+/m0/s1. The van der Waals surface area contributed by atoms with Gasteiger partial charge >= 0.3 is 0 Å². The molecule has 180 valence electrons. The van der Waals surface area contributed by atoms with E-state index < -0.39 is 6.10 Å². The average Bonchev–Trinajstić information content (AvgIpc) is 3.31. The van der Waals surface area contributed by atoms with Gasteiger partial charge in [-0.3, -0.25) is 9.69 Å². The van der Waals surface area contributed by atoms with E-state index in [2.05, 4.69) is 72.1 Å². The summed E-state index contributed by atoms with van der Waals surface area (Å²) in [4.78, 5) is 20.8. The molecule has 6 nitrogen and oxygen atoms in total. The van der Waals surface area contributed by atoms with Crippen LogP contribution in [-0.4, -0.2) is 52.2 Å². The molecule has 7 heteroatoms. The largest absolute Gasteiger partial charge is 0.392 e. The lowest BCUT2D eigenvalue weighted by Crippen LogP contribution is -2.52. The van der Waals surface area contributed by atoms with Gasteiger partial charge in [0.2, 0.25) is 5.91 Å². The molecular weight excluding hydrogens is 432 g/mol. The second-order valence-electron chi connectivity index (χ2n) is 10.3. The molecule has 2 heterocycles. The molecule has 1 amide bonds. The van der Waals surface area contributed by atoms with Crippen molar-refractivity contribution in [3.05, 3.63) is 53.3 Å². The summed E-state index contributed by atoms with van der Waals surface area (Å²) in [7, 11) is 0. The van der Waals surface area contributed by atoms with Crippen LogP contribution in [0.3, 0.4) is 0 Å². The number of nitrogens with one attached hydrogen (secondary N) is 2. The summed E-state index contributed by atoms with van der Waals surface area (Å²) in [6, 6.07) is 7.94. The van der Waals surface area contributed by atoms with Crippen LogP contribution >= 0.6 is 11.3 Å². The molecule has 1 aromatic heterocycles. The van der Waals surface area contributed by atoms with E-state index in [9.17, 15) is 9.90 Å². The second-order valence-corrected chi connectivity index (χ2v) is 11.2. The van der Waals surface area contributed by atoms with Gasteiger partial charge in [-0.05, 0) is 43.7 Å². The lowest BCUT2D eigenvalue weighted by molar-refractivity contribution is -0.126. The Balaban J connectivity index is 1.67. The Morgan fingerprint density at radius 3 is 2.52 bits per heavy atom. The number of hydrogen-bond acceptors (Lipinski definition) is 6. The highest BCUT2D eigenvalue weighted by Gasteiger charge is 2.39. The molecule has 0 aliphatic carbocycles. The number of β-amino-alcohol motifs (C(OH)–C–C–N with tert-alkyl or cyclic N) is 1. The minimum absolute atomic E-state index is 0.0149. The van der Waals surface area contributed by atoms with Gasteiger partial charge in [-0.1, -0.05) is 51.6 Å². The molecule has 0 unspecified atom stereocenters. The van der Waals surface area contributed by atoms with Crippen molar-refractivity contribution in [3.8, 4) is 10.4 Å². The minimum atomic E-state index is -0.497.